The topological polar surface area (TPSA) is 20.3 Å². The van der Waals surface area contributed by atoms with Crippen LogP contribution >= 0.6 is 0 Å². The minimum atomic E-state index is -0.141. The Morgan fingerprint density at radius 2 is 2.19 bits per heavy atom. The van der Waals surface area contributed by atoms with Crippen LogP contribution in [0.3, 0.4) is 0 Å². The molecule has 0 N–H and O–H groups in total. The smallest absolute Gasteiger partial charge is 0.226 e. The molecule has 0 atom stereocenters. The third-order valence-electron chi connectivity index (χ3n) is 4.54. The first-order valence-corrected chi connectivity index (χ1v) is 6.32. The van der Waals surface area contributed by atoms with Gasteiger partial charge in [-0.1, -0.05) is 6.42 Å². The van der Waals surface area contributed by atoms with E-state index >= 15 is 0 Å². The summed E-state index contributed by atoms with van der Waals surface area (Å²) in [6.45, 7) is 0.915. The van der Waals surface area contributed by atoms with Gasteiger partial charge in [0.1, 0.15) is 5.83 Å². The largest absolute Gasteiger partial charge is 0.335 e. The van der Waals surface area contributed by atoms with Gasteiger partial charge in [0, 0.05) is 12.5 Å². The normalized spacial score (nSPS) is 28.3. The number of amides is 1. The predicted molar refractivity (Wildman–Crippen MR) is 59.4 cm³/mol. The SMILES string of the molecule is O=C(C1CC2(CCC2)C1)N1CCC=C(F)C1. The van der Waals surface area contributed by atoms with E-state index in [0.29, 0.717) is 18.4 Å². The van der Waals surface area contributed by atoms with Gasteiger partial charge in [-0.25, -0.2) is 4.39 Å². The highest BCUT2D eigenvalue weighted by Gasteiger charge is 2.51. The van der Waals surface area contributed by atoms with Gasteiger partial charge in [0.05, 0.1) is 6.54 Å². The van der Waals surface area contributed by atoms with E-state index in [9.17, 15) is 9.18 Å². The predicted octanol–water partition coefficient (Wildman–Crippen LogP) is 2.65. The van der Waals surface area contributed by atoms with Crippen LogP contribution in [0.1, 0.15) is 38.5 Å². The monoisotopic (exact) mass is 223 g/mol. The van der Waals surface area contributed by atoms with Crippen molar-refractivity contribution in [3.8, 4) is 0 Å². The zero-order valence-corrected chi connectivity index (χ0v) is 9.54. The first-order chi connectivity index (χ1) is 7.69. The highest BCUT2D eigenvalue weighted by Crippen LogP contribution is 2.59. The van der Waals surface area contributed by atoms with Crippen molar-refractivity contribution in [2.45, 2.75) is 38.5 Å². The molecule has 0 unspecified atom stereocenters. The summed E-state index contributed by atoms with van der Waals surface area (Å²) in [6, 6.07) is 0. The molecule has 2 aliphatic carbocycles. The second kappa shape index (κ2) is 3.57. The molecule has 3 heteroatoms. The number of carbonyl (C=O) groups excluding carboxylic acids is 1. The fraction of sp³-hybridized carbons (Fsp3) is 0.769. The lowest BCUT2D eigenvalue weighted by molar-refractivity contribution is -0.147. The lowest BCUT2D eigenvalue weighted by Crippen LogP contribution is -2.50. The van der Waals surface area contributed by atoms with Gasteiger partial charge in [-0.05, 0) is 43.6 Å². The van der Waals surface area contributed by atoms with E-state index in [4.69, 9.17) is 0 Å². The summed E-state index contributed by atoms with van der Waals surface area (Å²) in [4.78, 5) is 13.8. The number of hydrogen-bond donors (Lipinski definition) is 0. The quantitative estimate of drug-likeness (QED) is 0.669. The van der Waals surface area contributed by atoms with Gasteiger partial charge in [-0.2, -0.15) is 0 Å². The Kier molecular flexibility index (Phi) is 2.30. The first kappa shape index (κ1) is 10.3. The maximum absolute atomic E-state index is 13.1. The van der Waals surface area contributed by atoms with Gasteiger partial charge in [-0.3, -0.25) is 4.79 Å². The molecule has 1 heterocycles. The standard InChI is InChI=1S/C13H18FNO/c14-11-3-1-6-15(9-11)12(16)10-7-13(8-10)4-2-5-13/h3,10H,1-2,4-9H2. The van der Waals surface area contributed by atoms with Crippen molar-refractivity contribution >= 4 is 5.91 Å². The summed E-state index contributed by atoms with van der Waals surface area (Å²) in [5, 5.41) is 0. The summed E-state index contributed by atoms with van der Waals surface area (Å²) in [6.07, 6.45) is 8.35. The van der Waals surface area contributed by atoms with Gasteiger partial charge in [0.2, 0.25) is 5.91 Å². The Bertz CT molecular complexity index is 338. The summed E-state index contributed by atoms with van der Waals surface area (Å²) in [5.41, 5.74) is 0.532. The zero-order valence-electron chi connectivity index (χ0n) is 9.54. The molecule has 1 aliphatic heterocycles. The minimum absolute atomic E-state index is 0.141. The molecule has 2 fully saturated rings. The Balaban J connectivity index is 1.56. The molecule has 88 valence electrons. The van der Waals surface area contributed by atoms with Crippen molar-refractivity contribution in [1.82, 2.24) is 4.90 Å². The van der Waals surface area contributed by atoms with Crippen LogP contribution in [0.25, 0.3) is 0 Å². The zero-order chi connectivity index (χ0) is 11.2. The van der Waals surface area contributed by atoms with E-state index < -0.39 is 0 Å². The molecular weight excluding hydrogens is 205 g/mol. The van der Waals surface area contributed by atoms with Crippen molar-refractivity contribution in [1.29, 1.82) is 0 Å². The van der Waals surface area contributed by atoms with Gasteiger partial charge >= 0.3 is 0 Å². The van der Waals surface area contributed by atoms with Gasteiger partial charge in [0.25, 0.3) is 0 Å². The fourth-order valence-electron chi connectivity index (χ4n) is 3.39. The molecule has 0 bridgehead atoms. The second-order valence-electron chi connectivity index (χ2n) is 5.66. The summed E-state index contributed by atoms with van der Waals surface area (Å²) < 4.78 is 13.1. The molecule has 3 aliphatic rings. The van der Waals surface area contributed by atoms with Crippen LogP contribution in [-0.2, 0) is 4.79 Å². The van der Waals surface area contributed by atoms with Crippen molar-refractivity contribution in [2.24, 2.45) is 11.3 Å². The third kappa shape index (κ3) is 1.57. The molecule has 1 spiro atoms. The molecule has 0 aromatic heterocycles. The molecule has 0 saturated heterocycles. The molecule has 3 rings (SSSR count). The first-order valence-electron chi connectivity index (χ1n) is 6.32. The summed E-state index contributed by atoms with van der Waals surface area (Å²) >= 11 is 0. The van der Waals surface area contributed by atoms with E-state index in [-0.39, 0.29) is 24.2 Å². The number of hydrogen-bond acceptors (Lipinski definition) is 1. The number of halogens is 1. The van der Waals surface area contributed by atoms with Crippen LogP contribution < -0.4 is 0 Å². The van der Waals surface area contributed by atoms with E-state index in [0.717, 1.165) is 12.8 Å². The maximum atomic E-state index is 13.1. The van der Waals surface area contributed by atoms with E-state index in [1.165, 1.54) is 19.3 Å². The fourth-order valence-corrected chi connectivity index (χ4v) is 3.39. The van der Waals surface area contributed by atoms with Crippen LogP contribution in [0.2, 0.25) is 0 Å². The van der Waals surface area contributed by atoms with Crippen molar-refractivity contribution in [3.05, 3.63) is 11.9 Å². The van der Waals surface area contributed by atoms with E-state index in [2.05, 4.69) is 0 Å². The minimum Gasteiger partial charge on any atom is -0.335 e. The highest BCUT2D eigenvalue weighted by atomic mass is 19.1. The van der Waals surface area contributed by atoms with Crippen LogP contribution in [0.5, 0.6) is 0 Å². The molecule has 0 aromatic carbocycles. The van der Waals surface area contributed by atoms with E-state index in [1.54, 1.807) is 11.0 Å². The Labute approximate surface area is 95.5 Å². The molecule has 2 saturated carbocycles. The van der Waals surface area contributed by atoms with Gasteiger partial charge in [-0.15, -0.1) is 0 Å². The van der Waals surface area contributed by atoms with Crippen LogP contribution in [0, 0.1) is 11.3 Å². The molecule has 16 heavy (non-hydrogen) atoms. The lowest BCUT2D eigenvalue weighted by Gasteiger charge is -2.54. The molecule has 2 nitrogen and oxygen atoms in total. The van der Waals surface area contributed by atoms with Crippen molar-refractivity contribution < 1.29 is 9.18 Å². The average molecular weight is 223 g/mol. The third-order valence-corrected chi connectivity index (χ3v) is 4.54. The second-order valence-corrected chi connectivity index (χ2v) is 5.66. The Hall–Kier alpha value is -0.860. The lowest BCUT2D eigenvalue weighted by atomic mass is 9.51. The number of nitrogens with zero attached hydrogens (tertiary/aromatic N) is 1. The van der Waals surface area contributed by atoms with Gasteiger partial charge < -0.3 is 4.90 Å². The van der Waals surface area contributed by atoms with Crippen LogP contribution in [-0.4, -0.2) is 23.9 Å². The number of carbonyl (C=O) groups is 1. The van der Waals surface area contributed by atoms with Crippen LogP contribution in [0.15, 0.2) is 11.9 Å². The maximum Gasteiger partial charge on any atom is 0.226 e. The Morgan fingerprint density at radius 3 is 2.75 bits per heavy atom. The average Bonchev–Trinajstić information content (AvgIpc) is 2.13. The molecular formula is C13H18FNO. The summed E-state index contributed by atoms with van der Waals surface area (Å²) in [5.74, 6) is 0.254. The van der Waals surface area contributed by atoms with Crippen molar-refractivity contribution in [2.75, 3.05) is 13.1 Å². The van der Waals surface area contributed by atoms with E-state index in [1.807, 2.05) is 0 Å². The Morgan fingerprint density at radius 1 is 1.44 bits per heavy atom. The van der Waals surface area contributed by atoms with Gasteiger partial charge in [0.15, 0.2) is 0 Å². The molecule has 0 radical (unpaired) electrons. The highest BCUT2D eigenvalue weighted by molar-refractivity contribution is 5.80. The summed E-state index contributed by atoms with van der Waals surface area (Å²) in [7, 11) is 0. The number of rotatable bonds is 1. The molecule has 0 aromatic rings. The van der Waals surface area contributed by atoms with Crippen molar-refractivity contribution in [3.63, 3.8) is 0 Å². The molecule has 1 amide bonds. The van der Waals surface area contributed by atoms with Crippen LogP contribution in [0.4, 0.5) is 4.39 Å².